The summed E-state index contributed by atoms with van der Waals surface area (Å²) >= 11 is 5.89. The lowest BCUT2D eigenvalue weighted by molar-refractivity contribution is 0.170. The largest absolute Gasteiger partial charge is 0.492 e. The SMILES string of the molecule is CC1CN(CCOc2cccc(Cl)c2)CCN1.Cl. The molecule has 1 saturated heterocycles. The van der Waals surface area contributed by atoms with E-state index in [4.69, 9.17) is 16.3 Å². The average Bonchev–Trinajstić information content (AvgIpc) is 2.29. The van der Waals surface area contributed by atoms with Gasteiger partial charge in [-0.1, -0.05) is 17.7 Å². The van der Waals surface area contributed by atoms with Gasteiger partial charge >= 0.3 is 0 Å². The highest BCUT2D eigenvalue weighted by Crippen LogP contribution is 2.16. The van der Waals surface area contributed by atoms with Crippen LogP contribution in [0.3, 0.4) is 0 Å². The molecule has 0 saturated carbocycles. The van der Waals surface area contributed by atoms with E-state index >= 15 is 0 Å². The van der Waals surface area contributed by atoms with E-state index in [9.17, 15) is 0 Å². The fourth-order valence-electron chi connectivity index (χ4n) is 2.06. The zero-order valence-corrected chi connectivity index (χ0v) is 12.1. The fraction of sp³-hybridized carbons (Fsp3) is 0.538. The van der Waals surface area contributed by atoms with Crippen molar-refractivity contribution < 1.29 is 4.74 Å². The molecule has 1 aromatic carbocycles. The van der Waals surface area contributed by atoms with Crippen molar-refractivity contribution >= 4 is 24.0 Å². The smallest absolute Gasteiger partial charge is 0.120 e. The van der Waals surface area contributed by atoms with E-state index in [-0.39, 0.29) is 12.4 Å². The van der Waals surface area contributed by atoms with Crippen molar-refractivity contribution in [1.29, 1.82) is 0 Å². The minimum Gasteiger partial charge on any atom is -0.492 e. The number of rotatable bonds is 4. The third-order valence-electron chi connectivity index (χ3n) is 2.93. The first kappa shape index (κ1) is 15.6. The third kappa shape index (κ3) is 5.02. The van der Waals surface area contributed by atoms with Gasteiger partial charge < -0.3 is 10.1 Å². The summed E-state index contributed by atoms with van der Waals surface area (Å²) in [6, 6.07) is 8.13. The molecule has 2 rings (SSSR count). The fourth-order valence-corrected chi connectivity index (χ4v) is 2.24. The van der Waals surface area contributed by atoms with Gasteiger partial charge in [0.25, 0.3) is 0 Å². The molecule has 0 bridgehead atoms. The van der Waals surface area contributed by atoms with Crippen LogP contribution < -0.4 is 10.1 Å². The van der Waals surface area contributed by atoms with Crippen LogP contribution in [0, 0.1) is 0 Å². The van der Waals surface area contributed by atoms with Gasteiger partial charge in [0, 0.05) is 37.2 Å². The molecule has 18 heavy (non-hydrogen) atoms. The Balaban J connectivity index is 0.00000162. The van der Waals surface area contributed by atoms with Crippen LogP contribution in [0.25, 0.3) is 0 Å². The summed E-state index contributed by atoms with van der Waals surface area (Å²) in [6.07, 6.45) is 0. The van der Waals surface area contributed by atoms with Crippen LogP contribution in [-0.2, 0) is 0 Å². The molecule has 1 N–H and O–H groups in total. The molecule has 1 fully saturated rings. The summed E-state index contributed by atoms with van der Waals surface area (Å²) in [7, 11) is 0. The van der Waals surface area contributed by atoms with Crippen LogP contribution >= 0.6 is 24.0 Å². The molecule has 0 aliphatic carbocycles. The highest BCUT2D eigenvalue weighted by molar-refractivity contribution is 6.30. The Hall–Kier alpha value is -0.480. The van der Waals surface area contributed by atoms with Crippen molar-refractivity contribution in [2.45, 2.75) is 13.0 Å². The maximum Gasteiger partial charge on any atom is 0.120 e. The number of nitrogens with one attached hydrogen (secondary N) is 1. The first-order valence-electron chi connectivity index (χ1n) is 6.08. The van der Waals surface area contributed by atoms with E-state index in [1.165, 1.54) is 0 Å². The van der Waals surface area contributed by atoms with E-state index < -0.39 is 0 Å². The van der Waals surface area contributed by atoms with Gasteiger partial charge in [-0.25, -0.2) is 0 Å². The minimum atomic E-state index is 0. The topological polar surface area (TPSA) is 24.5 Å². The van der Waals surface area contributed by atoms with Gasteiger partial charge in [0.1, 0.15) is 12.4 Å². The van der Waals surface area contributed by atoms with Gasteiger partial charge in [0.2, 0.25) is 0 Å². The minimum absolute atomic E-state index is 0. The first-order valence-corrected chi connectivity index (χ1v) is 6.46. The lowest BCUT2D eigenvalue weighted by atomic mass is 10.2. The van der Waals surface area contributed by atoms with E-state index in [1.54, 1.807) is 0 Å². The van der Waals surface area contributed by atoms with Gasteiger partial charge in [0.15, 0.2) is 0 Å². The van der Waals surface area contributed by atoms with Crippen molar-refractivity contribution in [2.24, 2.45) is 0 Å². The monoisotopic (exact) mass is 290 g/mol. The summed E-state index contributed by atoms with van der Waals surface area (Å²) in [6.45, 7) is 7.16. The van der Waals surface area contributed by atoms with Crippen molar-refractivity contribution in [2.75, 3.05) is 32.8 Å². The molecule has 1 aliphatic heterocycles. The number of nitrogens with zero attached hydrogens (tertiary/aromatic N) is 1. The van der Waals surface area contributed by atoms with Gasteiger partial charge in [-0.2, -0.15) is 0 Å². The van der Waals surface area contributed by atoms with Crippen LogP contribution in [-0.4, -0.2) is 43.7 Å². The molecule has 0 aromatic heterocycles. The zero-order chi connectivity index (χ0) is 12.1. The Morgan fingerprint density at radius 1 is 1.50 bits per heavy atom. The first-order chi connectivity index (χ1) is 8.24. The van der Waals surface area contributed by atoms with Crippen molar-refractivity contribution in [3.8, 4) is 5.75 Å². The number of hydrogen-bond acceptors (Lipinski definition) is 3. The Morgan fingerprint density at radius 3 is 3.06 bits per heavy atom. The third-order valence-corrected chi connectivity index (χ3v) is 3.16. The van der Waals surface area contributed by atoms with Crippen molar-refractivity contribution in [1.82, 2.24) is 10.2 Å². The van der Waals surface area contributed by atoms with Crippen LogP contribution in [0.15, 0.2) is 24.3 Å². The summed E-state index contributed by atoms with van der Waals surface area (Å²) in [5, 5.41) is 4.15. The second-order valence-corrected chi connectivity index (χ2v) is 4.90. The second kappa shape index (κ2) is 7.85. The lowest BCUT2D eigenvalue weighted by Gasteiger charge is -2.31. The van der Waals surface area contributed by atoms with Crippen LogP contribution in [0.1, 0.15) is 6.92 Å². The second-order valence-electron chi connectivity index (χ2n) is 4.46. The molecular weight excluding hydrogens is 271 g/mol. The Bertz CT molecular complexity index is 363. The van der Waals surface area contributed by atoms with Crippen LogP contribution in [0.2, 0.25) is 5.02 Å². The molecule has 1 aromatic rings. The van der Waals surface area contributed by atoms with E-state index in [1.807, 2.05) is 24.3 Å². The average molecular weight is 291 g/mol. The summed E-state index contributed by atoms with van der Waals surface area (Å²) in [5.74, 6) is 0.848. The lowest BCUT2D eigenvalue weighted by Crippen LogP contribution is -2.50. The molecule has 0 amide bonds. The number of ether oxygens (including phenoxy) is 1. The van der Waals surface area contributed by atoms with Gasteiger partial charge in [0.05, 0.1) is 0 Å². The molecule has 102 valence electrons. The predicted octanol–water partition coefficient (Wildman–Crippen LogP) is 2.43. The molecule has 0 spiro atoms. The number of hydrogen-bond donors (Lipinski definition) is 1. The summed E-state index contributed by atoms with van der Waals surface area (Å²) in [4.78, 5) is 2.42. The van der Waals surface area contributed by atoms with Gasteiger partial charge in [-0.05, 0) is 25.1 Å². The maximum atomic E-state index is 5.89. The predicted molar refractivity (Wildman–Crippen MR) is 78.1 cm³/mol. The number of piperazine rings is 1. The molecular formula is C13H20Cl2N2O. The Labute approximate surface area is 120 Å². The standard InChI is InChI=1S/C13H19ClN2O.ClH/c1-11-10-16(6-5-15-11)7-8-17-13-4-2-3-12(14)9-13;/h2-4,9,11,15H,5-8,10H2,1H3;1H. The molecule has 1 heterocycles. The summed E-state index contributed by atoms with van der Waals surface area (Å²) in [5.41, 5.74) is 0. The molecule has 1 atom stereocenters. The Morgan fingerprint density at radius 2 is 2.33 bits per heavy atom. The molecule has 1 aliphatic rings. The molecule has 0 radical (unpaired) electrons. The van der Waals surface area contributed by atoms with Crippen LogP contribution in [0.5, 0.6) is 5.75 Å². The quantitative estimate of drug-likeness (QED) is 0.922. The van der Waals surface area contributed by atoms with Crippen molar-refractivity contribution in [3.05, 3.63) is 29.3 Å². The van der Waals surface area contributed by atoms with Gasteiger partial charge in [-0.3, -0.25) is 4.90 Å². The number of halogens is 2. The maximum absolute atomic E-state index is 5.89. The normalized spacial score (nSPS) is 20.2. The van der Waals surface area contributed by atoms with Crippen molar-refractivity contribution in [3.63, 3.8) is 0 Å². The highest BCUT2D eigenvalue weighted by Gasteiger charge is 2.14. The molecule has 3 nitrogen and oxygen atoms in total. The highest BCUT2D eigenvalue weighted by atomic mass is 35.5. The van der Waals surface area contributed by atoms with E-state index in [2.05, 4.69) is 17.1 Å². The summed E-state index contributed by atoms with van der Waals surface area (Å²) < 4.78 is 5.68. The molecule has 5 heteroatoms. The van der Waals surface area contributed by atoms with Crippen LogP contribution in [0.4, 0.5) is 0 Å². The zero-order valence-electron chi connectivity index (χ0n) is 10.6. The molecule has 1 unspecified atom stereocenters. The van der Waals surface area contributed by atoms with Gasteiger partial charge in [-0.15, -0.1) is 12.4 Å². The number of benzene rings is 1. The van der Waals surface area contributed by atoms with E-state index in [0.29, 0.717) is 12.6 Å². The Kier molecular flexibility index (Phi) is 6.79. The van der Waals surface area contributed by atoms with E-state index in [0.717, 1.165) is 37.0 Å².